The van der Waals surface area contributed by atoms with Gasteiger partial charge in [-0.05, 0) is 55.5 Å². The van der Waals surface area contributed by atoms with Gasteiger partial charge in [0.25, 0.3) is 5.91 Å². The predicted octanol–water partition coefficient (Wildman–Crippen LogP) is 5.11. The Hall–Kier alpha value is -3.68. The number of fused-ring (bicyclic) bond motifs is 2. The van der Waals surface area contributed by atoms with Crippen molar-refractivity contribution in [3.05, 3.63) is 71.1 Å². The number of aromatic amines is 2. The predicted molar refractivity (Wildman–Crippen MR) is 130 cm³/mol. The summed E-state index contributed by atoms with van der Waals surface area (Å²) in [6.07, 6.45) is 3.77. The first kappa shape index (κ1) is 20.9. The summed E-state index contributed by atoms with van der Waals surface area (Å²) >= 11 is 0. The van der Waals surface area contributed by atoms with Crippen LogP contribution in [0, 0.1) is 18.2 Å². The van der Waals surface area contributed by atoms with Gasteiger partial charge in [0.2, 0.25) is 0 Å². The minimum Gasteiger partial charge on any atom is -0.371 e. The first-order valence-electron chi connectivity index (χ1n) is 11.7. The quantitative estimate of drug-likeness (QED) is 0.447. The van der Waals surface area contributed by atoms with Gasteiger partial charge in [0.1, 0.15) is 5.82 Å². The molecule has 1 fully saturated rings. The lowest BCUT2D eigenvalue weighted by Crippen LogP contribution is -2.37. The van der Waals surface area contributed by atoms with Crippen molar-refractivity contribution in [1.29, 1.82) is 0 Å². The number of hydrogen-bond acceptors (Lipinski definition) is 4. The number of carbonyl (C=O) groups excluding carboxylic acids is 1. The fraction of sp³-hybridized carbons (Fsp3) is 0.346. The summed E-state index contributed by atoms with van der Waals surface area (Å²) in [7, 11) is 0. The monoisotopic (exact) mass is 458 g/mol. The van der Waals surface area contributed by atoms with Crippen LogP contribution < -0.4 is 9.80 Å². The molecule has 4 heterocycles. The lowest BCUT2D eigenvalue weighted by Gasteiger charge is -2.38. The molecule has 4 aromatic rings. The number of aryl methyl sites for hydroxylation is 1. The molecule has 7 nitrogen and oxygen atoms in total. The molecule has 2 aliphatic heterocycles. The van der Waals surface area contributed by atoms with E-state index in [9.17, 15) is 4.79 Å². The zero-order valence-electron chi connectivity index (χ0n) is 19.5. The number of nitrogens with one attached hydrogen (secondary N) is 2. The number of imidazole rings is 1. The molecule has 0 saturated carbocycles. The van der Waals surface area contributed by atoms with Crippen molar-refractivity contribution in [3.8, 4) is 0 Å². The lowest BCUT2D eigenvalue weighted by molar-refractivity contribution is 0.0988. The van der Waals surface area contributed by atoms with E-state index in [1.54, 1.807) is 17.3 Å². The van der Waals surface area contributed by atoms with E-state index in [0.717, 1.165) is 53.9 Å². The van der Waals surface area contributed by atoms with E-state index in [1.807, 2.05) is 37.3 Å². The van der Waals surface area contributed by atoms with Crippen LogP contribution in [0.25, 0.3) is 11.0 Å². The van der Waals surface area contributed by atoms with E-state index in [1.165, 1.54) is 0 Å². The molecule has 2 N–H and O–H groups in total. The van der Waals surface area contributed by atoms with Gasteiger partial charge in [0.15, 0.2) is 5.69 Å². The number of hydrogen-bond donors (Lipinski definition) is 2. The van der Waals surface area contributed by atoms with Crippen molar-refractivity contribution in [1.82, 2.24) is 20.2 Å². The maximum absolute atomic E-state index is 15.7. The molecule has 2 aromatic heterocycles. The molecule has 0 radical (unpaired) electrons. The van der Waals surface area contributed by atoms with Gasteiger partial charge >= 0.3 is 0 Å². The molecule has 1 atom stereocenters. The first-order valence-corrected chi connectivity index (χ1v) is 11.7. The smallest absolute Gasteiger partial charge is 0.280 e. The summed E-state index contributed by atoms with van der Waals surface area (Å²) in [5.74, 6) is -0.564. The summed E-state index contributed by atoms with van der Waals surface area (Å²) in [5.41, 5.74) is 5.79. The number of amides is 1. The first-order chi connectivity index (χ1) is 16.3. The SMILES string of the molecule is Cc1[nH]nc2c1C(c1ccc(N3CCC(C)(C)CC3)cc1F)N(c1ccc3nc[nH]c3c1)C2=O. The van der Waals surface area contributed by atoms with Crippen LogP contribution in [0.3, 0.4) is 0 Å². The average Bonchev–Trinajstić information content (AvgIpc) is 3.50. The Morgan fingerprint density at radius 3 is 2.62 bits per heavy atom. The van der Waals surface area contributed by atoms with Gasteiger partial charge in [0, 0.05) is 41.3 Å². The molecule has 0 spiro atoms. The summed E-state index contributed by atoms with van der Waals surface area (Å²) in [6.45, 7) is 8.26. The van der Waals surface area contributed by atoms with Crippen molar-refractivity contribution in [2.24, 2.45) is 5.41 Å². The van der Waals surface area contributed by atoms with Gasteiger partial charge < -0.3 is 9.88 Å². The van der Waals surface area contributed by atoms with E-state index in [-0.39, 0.29) is 11.7 Å². The van der Waals surface area contributed by atoms with E-state index in [4.69, 9.17) is 0 Å². The third kappa shape index (κ3) is 3.20. The van der Waals surface area contributed by atoms with Gasteiger partial charge in [-0.15, -0.1) is 0 Å². The molecule has 1 unspecified atom stereocenters. The van der Waals surface area contributed by atoms with Crippen LogP contribution in [0.15, 0.2) is 42.7 Å². The van der Waals surface area contributed by atoms with Gasteiger partial charge in [-0.3, -0.25) is 14.8 Å². The van der Waals surface area contributed by atoms with Crippen molar-refractivity contribution < 1.29 is 9.18 Å². The molecule has 6 rings (SSSR count). The highest BCUT2D eigenvalue weighted by Gasteiger charge is 2.43. The number of aromatic nitrogens is 4. The Balaban J connectivity index is 1.42. The fourth-order valence-corrected chi connectivity index (χ4v) is 5.23. The fourth-order valence-electron chi connectivity index (χ4n) is 5.23. The molecule has 2 aliphatic rings. The van der Waals surface area contributed by atoms with Crippen LogP contribution in [0.2, 0.25) is 0 Å². The van der Waals surface area contributed by atoms with E-state index < -0.39 is 6.04 Å². The highest BCUT2D eigenvalue weighted by molar-refractivity contribution is 6.11. The van der Waals surface area contributed by atoms with Gasteiger partial charge in [-0.25, -0.2) is 9.37 Å². The highest BCUT2D eigenvalue weighted by Crippen LogP contribution is 2.44. The molecule has 0 aliphatic carbocycles. The second kappa shape index (κ2) is 7.41. The zero-order chi connectivity index (χ0) is 23.6. The van der Waals surface area contributed by atoms with Crippen molar-refractivity contribution in [3.63, 3.8) is 0 Å². The number of benzene rings is 2. The van der Waals surface area contributed by atoms with E-state index in [0.29, 0.717) is 22.4 Å². The van der Waals surface area contributed by atoms with Crippen molar-refractivity contribution in [2.75, 3.05) is 22.9 Å². The summed E-state index contributed by atoms with van der Waals surface area (Å²) < 4.78 is 15.7. The number of anilines is 2. The number of rotatable bonds is 3. The maximum Gasteiger partial charge on any atom is 0.280 e. The maximum atomic E-state index is 15.7. The lowest BCUT2D eigenvalue weighted by atomic mass is 9.82. The Morgan fingerprint density at radius 2 is 1.85 bits per heavy atom. The Kier molecular flexibility index (Phi) is 4.56. The number of H-pyrrole nitrogens is 2. The van der Waals surface area contributed by atoms with Crippen molar-refractivity contribution in [2.45, 2.75) is 39.7 Å². The molecule has 174 valence electrons. The van der Waals surface area contributed by atoms with Crippen LogP contribution >= 0.6 is 0 Å². The van der Waals surface area contributed by atoms with E-state index in [2.05, 4.69) is 38.9 Å². The minimum absolute atomic E-state index is 0.245. The van der Waals surface area contributed by atoms with Gasteiger partial charge in [-0.2, -0.15) is 5.10 Å². The van der Waals surface area contributed by atoms with E-state index >= 15 is 4.39 Å². The highest BCUT2D eigenvalue weighted by atomic mass is 19.1. The van der Waals surface area contributed by atoms with Crippen LogP contribution in [0.1, 0.15) is 60.0 Å². The van der Waals surface area contributed by atoms with Crippen LogP contribution in [-0.2, 0) is 0 Å². The Bertz CT molecular complexity index is 1410. The molecule has 2 aromatic carbocycles. The largest absolute Gasteiger partial charge is 0.371 e. The molecule has 0 bridgehead atoms. The molecular formula is C26H27FN6O. The summed E-state index contributed by atoms with van der Waals surface area (Å²) in [6, 6.07) is 10.4. The molecule has 34 heavy (non-hydrogen) atoms. The number of nitrogens with zero attached hydrogens (tertiary/aromatic N) is 4. The third-order valence-electron chi connectivity index (χ3n) is 7.39. The zero-order valence-corrected chi connectivity index (χ0v) is 19.5. The molecule has 1 amide bonds. The summed E-state index contributed by atoms with van der Waals surface area (Å²) in [5, 5.41) is 7.16. The van der Waals surface area contributed by atoms with Crippen LogP contribution in [0.4, 0.5) is 15.8 Å². The second-order valence-electron chi connectivity index (χ2n) is 10.1. The number of carbonyl (C=O) groups is 1. The number of halogens is 1. The van der Waals surface area contributed by atoms with Crippen molar-refractivity contribution >= 4 is 28.3 Å². The third-order valence-corrected chi connectivity index (χ3v) is 7.39. The standard InChI is InChI=1S/C26H27FN6O/c1-15-22-23(31-30-15)25(34)33(17-5-7-20-21(13-17)29-14-28-20)24(22)18-6-4-16(12-19(18)27)32-10-8-26(2,3)9-11-32/h4-7,12-14,24H,8-11H2,1-3H3,(H,28,29)(H,30,31). The van der Waals surface area contributed by atoms with Crippen LogP contribution in [-0.4, -0.2) is 39.2 Å². The van der Waals surface area contributed by atoms with Crippen LogP contribution in [0.5, 0.6) is 0 Å². The molecule has 1 saturated heterocycles. The summed E-state index contributed by atoms with van der Waals surface area (Å²) in [4.78, 5) is 24.7. The minimum atomic E-state index is -0.601. The molecular weight excluding hydrogens is 431 g/mol. The Morgan fingerprint density at radius 1 is 1.09 bits per heavy atom. The van der Waals surface area contributed by atoms with Gasteiger partial charge in [-0.1, -0.05) is 19.9 Å². The van der Waals surface area contributed by atoms with Gasteiger partial charge in [0.05, 0.1) is 23.4 Å². The Labute approximate surface area is 197 Å². The number of piperidine rings is 1. The normalized spacial score (nSPS) is 19.8. The topological polar surface area (TPSA) is 80.9 Å². The second-order valence-corrected chi connectivity index (χ2v) is 10.1. The molecule has 8 heteroatoms. The average molecular weight is 459 g/mol.